The first kappa shape index (κ1) is 8.44. The zero-order valence-corrected chi connectivity index (χ0v) is 8.13. The molecule has 3 rings (SSSR count). The van der Waals surface area contributed by atoms with E-state index in [0.29, 0.717) is 17.8 Å². The van der Waals surface area contributed by atoms with Crippen LogP contribution in [0.1, 0.15) is 11.7 Å². The van der Waals surface area contributed by atoms with Crippen LogP contribution in [-0.2, 0) is 11.8 Å². The SMILES string of the molecule is Cn1cc(C(O)C2C3COCC32)cn1. The molecule has 1 aliphatic carbocycles. The monoisotopic (exact) mass is 194 g/mol. The molecule has 3 atom stereocenters. The van der Waals surface area contributed by atoms with Gasteiger partial charge in [-0.3, -0.25) is 4.68 Å². The van der Waals surface area contributed by atoms with E-state index in [1.54, 1.807) is 10.9 Å². The van der Waals surface area contributed by atoms with Crippen molar-refractivity contribution in [1.82, 2.24) is 9.78 Å². The van der Waals surface area contributed by atoms with Crippen molar-refractivity contribution in [3.63, 3.8) is 0 Å². The molecule has 2 aliphatic rings. The number of hydrogen-bond donors (Lipinski definition) is 1. The van der Waals surface area contributed by atoms with Gasteiger partial charge in [0, 0.05) is 18.8 Å². The van der Waals surface area contributed by atoms with Crippen LogP contribution < -0.4 is 0 Å². The summed E-state index contributed by atoms with van der Waals surface area (Å²) in [4.78, 5) is 0. The normalized spacial score (nSPS) is 36.9. The number of aliphatic hydroxyl groups is 1. The molecule has 1 saturated heterocycles. The molecule has 14 heavy (non-hydrogen) atoms. The molecule has 76 valence electrons. The van der Waals surface area contributed by atoms with E-state index in [9.17, 15) is 5.11 Å². The number of ether oxygens (including phenoxy) is 1. The number of rotatable bonds is 2. The van der Waals surface area contributed by atoms with Crippen LogP contribution in [0.5, 0.6) is 0 Å². The van der Waals surface area contributed by atoms with Gasteiger partial charge < -0.3 is 9.84 Å². The molecule has 0 amide bonds. The Bertz CT molecular complexity index is 340. The minimum atomic E-state index is -0.345. The molecule has 1 aromatic heterocycles. The molecule has 2 heterocycles. The van der Waals surface area contributed by atoms with E-state index < -0.39 is 0 Å². The Labute approximate surface area is 82.5 Å². The highest BCUT2D eigenvalue weighted by atomic mass is 16.5. The highest BCUT2D eigenvalue weighted by molar-refractivity contribution is 5.16. The summed E-state index contributed by atoms with van der Waals surface area (Å²) in [6.07, 6.45) is 3.29. The zero-order valence-electron chi connectivity index (χ0n) is 8.13. The maximum absolute atomic E-state index is 10.1. The number of hydrogen-bond acceptors (Lipinski definition) is 3. The van der Waals surface area contributed by atoms with Gasteiger partial charge in [0.05, 0.1) is 25.5 Å². The standard InChI is InChI=1S/C10H14N2O2/c1-12-3-6(2-11-12)10(13)9-7-4-14-5-8(7)9/h2-3,7-10,13H,4-5H2,1H3. The number of aliphatic hydroxyl groups excluding tert-OH is 1. The van der Waals surface area contributed by atoms with Gasteiger partial charge in [-0.05, 0) is 17.8 Å². The zero-order chi connectivity index (χ0) is 9.71. The molecule has 2 fully saturated rings. The summed E-state index contributed by atoms with van der Waals surface area (Å²) in [6, 6.07) is 0. The Morgan fingerprint density at radius 3 is 2.86 bits per heavy atom. The fourth-order valence-corrected chi connectivity index (χ4v) is 2.57. The van der Waals surface area contributed by atoms with Crippen LogP contribution in [0.3, 0.4) is 0 Å². The lowest BCUT2D eigenvalue weighted by Crippen LogP contribution is -2.07. The third-order valence-electron chi connectivity index (χ3n) is 3.45. The quantitative estimate of drug-likeness (QED) is 0.738. The van der Waals surface area contributed by atoms with E-state index in [1.165, 1.54) is 0 Å². The van der Waals surface area contributed by atoms with Gasteiger partial charge in [0.1, 0.15) is 0 Å². The molecule has 3 unspecified atom stereocenters. The Balaban J connectivity index is 1.75. The third kappa shape index (κ3) is 1.11. The van der Waals surface area contributed by atoms with E-state index in [4.69, 9.17) is 4.74 Å². The molecule has 4 nitrogen and oxygen atoms in total. The Hall–Kier alpha value is -0.870. The van der Waals surface area contributed by atoms with Crippen LogP contribution in [0.4, 0.5) is 0 Å². The lowest BCUT2D eigenvalue weighted by atomic mass is 10.1. The van der Waals surface area contributed by atoms with E-state index in [2.05, 4.69) is 5.10 Å². The number of aryl methyl sites for hydroxylation is 1. The molecule has 0 aromatic carbocycles. The molecule has 0 bridgehead atoms. The van der Waals surface area contributed by atoms with Crippen molar-refractivity contribution < 1.29 is 9.84 Å². The molecule has 1 aliphatic heterocycles. The minimum absolute atomic E-state index is 0.345. The third-order valence-corrected chi connectivity index (χ3v) is 3.45. The largest absolute Gasteiger partial charge is 0.388 e. The van der Waals surface area contributed by atoms with Gasteiger partial charge >= 0.3 is 0 Å². The smallest absolute Gasteiger partial charge is 0.0855 e. The van der Waals surface area contributed by atoms with Crippen molar-refractivity contribution >= 4 is 0 Å². The molecule has 4 heteroatoms. The highest BCUT2D eigenvalue weighted by Crippen LogP contribution is 2.56. The average molecular weight is 194 g/mol. The van der Waals surface area contributed by atoms with Crippen LogP contribution in [0, 0.1) is 17.8 Å². The lowest BCUT2D eigenvalue weighted by Gasteiger charge is -2.10. The van der Waals surface area contributed by atoms with Crippen molar-refractivity contribution in [2.45, 2.75) is 6.10 Å². The van der Waals surface area contributed by atoms with Crippen LogP contribution in [0.25, 0.3) is 0 Å². The van der Waals surface area contributed by atoms with Gasteiger partial charge in [-0.25, -0.2) is 0 Å². The summed E-state index contributed by atoms with van der Waals surface area (Å²) in [5, 5.41) is 14.1. The van der Waals surface area contributed by atoms with Crippen LogP contribution in [0.15, 0.2) is 12.4 Å². The summed E-state index contributed by atoms with van der Waals surface area (Å²) < 4.78 is 7.03. The number of fused-ring (bicyclic) bond motifs is 1. The molecular formula is C10H14N2O2. The summed E-state index contributed by atoms with van der Waals surface area (Å²) in [7, 11) is 1.87. The molecule has 1 N–H and O–H groups in total. The minimum Gasteiger partial charge on any atom is -0.388 e. The summed E-state index contributed by atoms with van der Waals surface area (Å²) in [6.45, 7) is 1.65. The van der Waals surface area contributed by atoms with Gasteiger partial charge in [-0.15, -0.1) is 0 Å². The first-order chi connectivity index (χ1) is 6.77. The average Bonchev–Trinajstić information content (AvgIpc) is 2.56. The van der Waals surface area contributed by atoms with Crippen molar-refractivity contribution in [1.29, 1.82) is 0 Å². The van der Waals surface area contributed by atoms with Crippen molar-refractivity contribution in [2.75, 3.05) is 13.2 Å². The maximum atomic E-state index is 10.1. The topological polar surface area (TPSA) is 47.3 Å². The Morgan fingerprint density at radius 2 is 2.29 bits per heavy atom. The Kier molecular flexibility index (Phi) is 1.69. The second kappa shape index (κ2) is 2.81. The van der Waals surface area contributed by atoms with Crippen molar-refractivity contribution in [2.24, 2.45) is 24.8 Å². The van der Waals surface area contributed by atoms with Crippen LogP contribution in [-0.4, -0.2) is 28.1 Å². The molecule has 0 spiro atoms. The van der Waals surface area contributed by atoms with Crippen molar-refractivity contribution in [3.8, 4) is 0 Å². The van der Waals surface area contributed by atoms with Gasteiger partial charge in [-0.2, -0.15) is 5.10 Å². The number of nitrogens with zero attached hydrogens (tertiary/aromatic N) is 2. The van der Waals surface area contributed by atoms with Crippen molar-refractivity contribution in [3.05, 3.63) is 18.0 Å². The Morgan fingerprint density at radius 1 is 1.57 bits per heavy atom. The predicted octanol–water partition coefficient (Wildman–Crippen LogP) is 0.346. The predicted molar refractivity (Wildman–Crippen MR) is 49.5 cm³/mol. The fourth-order valence-electron chi connectivity index (χ4n) is 2.57. The lowest BCUT2D eigenvalue weighted by molar-refractivity contribution is 0.0886. The fraction of sp³-hybridized carbons (Fsp3) is 0.700. The second-order valence-electron chi connectivity index (χ2n) is 4.33. The molecule has 1 aromatic rings. The molecule has 1 saturated carbocycles. The first-order valence-electron chi connectivity index (χ1n) is 5.02. The first-order valence-corrected chi connectivity index (χ1v) is 5.02. The second-order valence-corrected chi connectivity index (χ2v) is 4.33. The summed E-state index contributed by atoms with van der Waals surface area (Å²) >= 11 is 0. The highest BCUT2D eigenvalue weighted by Gasteiger charge is 2.57. The van der Waals surface area contributed by atoms with Crippen LogP contribution >= 0.6 is 0 Å². The van der Waals surface area contributed by atoms with E-state index in [0.717, 1.165) is 18.8 Å². The van der Waals surface area contributed by atoms with E-state index in [1.807, 2.05) is 13.2 Å². The van der Waals surface area contributed by atoms with Crippen LogP contribution in [0.2, 0.25) is 0 Å². The van der Waals surface area contributed by atoms with Gasteiger partial charge in [0.25, 0.3) is 0 Å². The van der Waals surface area contributed by atoms with Gasteiger partial charge in [0.15, 0.2) is 0 Å². The van der Waals surface area contributed by atoms with Gasteiger partial charge in [0.2, 0.25) is 0 Å². The van der Waals surface area contributed by atoms with E-state index >= 15 is 0 Å². The molecule has 0 radical (unpaired) electrons. The summed E-state index contributed by atoms with van der Waals surface area (Å²) in [5.74, 6) is 1.59. The maximum Gasteiger partial charge on any atom is 0.0855 e. The number of aromatic nitrogens is 2. The van der Waals surface area contributed by atoms with Gasteiger partial charge in [-0.1, -0.05) is 0 Å². The molecular weight excluding hydrogens is 180 g/mol. The van der Waals surface area contributed by atoms with E-state index in [-0.39, 0.29) is 6.10 Å². The summed E-state index contributed by atoms with van der Waals surface area (Å²) in [5.41, 5.74) is 0.937.